The van der Waals surface area contributed by atoms with Gasteiger partial charge in [0.15, 0.2) is 0 Å². The first kappa shape index (κ1) is 27.4. The van der Waals surface area contributed by atoms with Gasteiger partial charge in [0.1, 0.15) is 18.1 Å². The molecule has 4 amide bonds. The maximum atomic E-state index is 12.7. The molecule has 0 radical (unpaired) electrons. The first-order chi connectivity index (χ1) is 15.4. The lowest BCUT2D eigenvalue weighted by Gasteiger charge is -2.24. The second-order valence-electron chi connectivity index (χ2n) is 6.86. The van der Waals surface area contributed by atoms with Gasteiger partial charge in [-0.3, -0.25) is 24.0 Å². The second kappa shape index (κ2) is 13.0. The number of aromatic amines is 1. The average Bonchev–Trinajstić information content (AvgIpc) is 3.22. The van der Waals surface area contributed by atoms with Gasteiger partial charge in [-0.1, -0.05) is 0 Å². The first-order valence-electron chi connectivity index (χ1n) is 9.42. The van der Waals surface area contributed by atoms with Crippen molar-refractivity contribution in [2.45, 2.75) is 43.4 Å². The van der Waals surface area contributed by atoms with Crippen LogP contribution in [0.5, 0.6) is 0 Å². The van der Waals surface area contributed by atoms with Gasteiger partial charge in [0.2, 0.25) is 23.6 Å². The number of imidazole rings is 1. The van der Waals surface area contributed by atoms with Crippen molar-refractivity contribution in [2.75, 3.05) is 5.75 Å². The Labute approximate surface area is 192 Å². The number of aliphatic carboxylic acids is 2. The number of nitrogens with two attached hydrogens (primary N) is 2. The van der Waals surface area contributed by atoms with E-state index in [0.29, 0.717) is 5.69 Å². The fraction of sp³-hybridized carbons (Fsp3) is 0.471. The number of nitrogens with one attached hydrogen (secondary N) is 4. The Morgan fingerprint density at radius 3 is 2.03 bits per heavy atom. The van der Waals surface area contributed by atoms with Crippen LogP contribution in [0, 0.1) is 0 Å². The molecule has 15 nitrogen and oxygen atoms in total. The zero-order valence-corrected chi connectivity index (χ0v) is 18.1. The van der Waals surface area contributed by atoms with E-state index in [0.717, 1.165) is 0 Å². The van der Waals surface area contributed by atoms with Crippen LogP contribution in [0.1, 0.15) is 18.5 Å². The van der Waals surface area contributed by atoms with Gasteiger partial charge in [0.05, 0.1) is 25.2 Å². The van der Waals surface area contributed by atoms with Gasteiger partial charge in [-0.2, -0.15) is 12.6 Å². The van der Waals surface area contributed by atoms with E-state index in [1.54, 1.807) is 0 Å². The first-order valence-corrected chi connectivity index (χ1v) is 10.1. The minimum Gasteiger partial charge on any atom is -0.481 e. The summed E-state index contributed by atoms with van der Waals surface area (Å²) in [6.45, 7) is 0. The van der Waals surface area contributed by atoms with Crippen molar-refractivity contribution in [3.63, 3.8) is 0 Å². The lowest BCUT2D eigenvalue weighted by molar-refractivity contribution is -0.142. The molecule has 0 aliphatic carbocycles. The van der Waals surface area contributed by atoms with E-state index in [4.69, 9.17) is 21.7 Å². The summed E-state index contributed by atoms with van der Waals surface area (Å²) in [5, 5.41) is 24.8. The number of thiol groups is 1. The Morgan fingerprint density at radius 1 is 0.970 bits per heavy atom. The van der Waals surface area contributed by atoms with Gasteiger partial charge < -0.3 is 42.6 Å². The summed E-state index contributed by atoms with van der Waals surface area (Å²) in [5.74, 6) is -6.89. The Kier molecular flexibility index (Phi) is 10.8. The standard InChI is InChI=1S/C17H25N7O8S/c18-8(2-12(19)25)14(28)22-10(3-13(26)27)16(30)23-9(1-7-4-20-6-21-7)15(29)24-11(5-33)17(31)32/h4,6,8-11,33H,1-3,5,18H2,(H2,19,25)(H,20,21)(H,22,28)(H,23,30)(H,24,29)(H,26,27)(H,31,32). The number of carboxylic acids is 2. The predicted octanol–water partition coefficient (Wildman–Crippen LogP) is -3.90. The molecule has 1 aromatic rings. The molecule has 4 unspecified atom stereocenters. The highest BCUT2D eigenvalue weighted by atomic mass is 32.1. The third kappa shape index (κ3) is 9.56. The van der Waals surface area contributed by atoms with Crippen LogP contribution in [0.25, 0.3) is 0 Å². The van der Waals surface area contributed by atoms with Gasteiger partial charge in [-0.25, -0.2) is 9.78 Å². The van der Waals surface area contributed by atoms with Crippen molar-refractivity contribution < 1.29 is 39.0 Å². The lowest BCUT2D eigenvalue weighted by atomic mass is 10.1. The van der Waals surface area contributed by atoms with Crippen molar-refractivity contribution in [3.8, 4) is 0 Å². The Morgan fingerprint density at radius 2 is 1.55 bits per heavy atom. The van der Waals surface area contributed by atoms with Gasteiger partial charge >= 0.3 is 11.9 Å². The molecule has 4 atom stereocenters. The van der Waals surface area contributed by atoms with E-state index in [-0.39, 0.29) is 12.2 Å². The number of rotatable bonds is 14. The molecule has 0 bridgehead atoms. The Hall–Kier alpha value is -3.66. The number of carbonyl (C=O) groups excluding carboxylic acids is 4. The van der Waals surface area contributed by atoms with Crippen LogP contribution in [-0.2, 0) is 35.2 Å². The number of aromatic nitrogens is 2. The molecule has 33 heavy (non-hydrogen) atoms. The fourth-order valence-corrected chi connectivity index (χ4v) is 2.78. The van der Waals surface area contributed by atoms with E-state index in [1.807, 2.05) is 0 Å². The Balaban J connectivity index is 3.04. The van der Waals surface area contributed by atoms with Crippen molar-refractivity contribution in [1.29, 1.82) is 0 Å². The molecule has 1 rings (SSSR count). The molecule has 1 aromatic heterocycles. The van der Waals surface area contributed by atoms with Crippen LogP contribution in [0.3, 0.4) is 0 Å². The third-order valence-electron chi connectivity index (χ3n) is 4.18. The molecular formula is C17H25N7O8S. The highest BCUT2D eigenvalue weighted by Gasteiger charge is 2.31. The number of primary amides is 1. The highest BCUT2D eigenvalue weighted by molar-refractivity contribution is 7.80. The van der Waals surface area contributed by atoms with E-state index in [2.05, 4.69) is 38.5 Å². The SMILES string of the molecule is NC(=O)CC(N)C(=O)NC(CC(=O)O)C(=O)NC(Cc1cnc[nH]1)C(=O)NC(CS)C(=O)O. The van der Waals surface area contributed by atoms with Crippen LogP contribution >= 0.6 is 12.6 Å². The smallest absolute Gasteiger partial charge is 0.327 e. The summed E-state index contributed by atoms with van der Waals surface area (Å²) in [6.07, 6.45) is 1.10. The van der Waals surface area contributed by atoms with Gasteiger partial charge in [-0.05, 0) is 0 Å². The lowest BCUT2D eigenvalue weighted by Crippen LogP contribution is -2.58. The highest BCUT2D eigenvalue weighted by Crippen LogP contribution is 2.03. The van der Waals surface area contributed by atoms with Crippen molar-refractivity contribution in [1.82, 2.24) is 25.9 Å². The Bertz CT molecular complexity index is 879. The maximum absolute atomic E-state index is 12.7. The summed E-state index contributed by atoms with van der Waals surface area (Å²) < 4.78 is 0. The van der Waals surface area contributed by atoms with Crippen LogP contribution in [-0.4, -0.2) is 85.7 Å². The molecule has 182 valence electrons. The second-order valence-corrected chi connectivity index (χ2v) is 7.23. The molecule has 1 heterocycles. The molecule has 0 aliphatic rings. The van der Waals surface area contributed by atoms with Crippen LogP contribution < -0.4 is 27.4 Å². The summed E-state index contributed by atoms with van der Waals surface area (Å²) in [7, 11) is 0. The molecule has 10 N–H and O–H groups in total. The largest absolute Gasteiger partial charge is 0.481 e. The third-order valence-corrected chi connectivity index (χ3v) is 4.54. The van der Waals surface area contributed by atoms with E-state index < -0.39 is 72.6 Å². The molecule has 16 heteroatoms. The monoisotopic (exact) mass is 487 g/mol. The molecule has 0 saturated carbocycles. The number of nitrogens with zero attached hydrogens (tertiary/aromatic N) is 1. The number of H-pyrrole nitrogens is 1. The molecular weight excluding hydrogens is 462 g/mol. The molecule has 0 aromatic carbocycles. The predicted molar refractivity (Wildman–Crippen MR) is 114 cm³/mol. The minimum absolute atomic E-state index is 0.161. The van der Waals surface area contributed by atoms with Gasteiger partial charge in [0, 0.05) is 24.1 Å². The minimum atomic E-state index is -1.66. The van der Waals surface area contributed by atoms with Gasteiger partial charge in [-0.15, -0.1) is 0 Å². The summed E-state index contributed by atoms with van der Waals surface area (Å²) >= 11 is 3.85. The number of amides is 4. The molecule has 0 spiro atoms. The van der Waals surface area contributed by atoms with Crippen LogP contribution in [0.4, 0.5) is 0 Å². The van der Waals surface area contributed by atoms with Crippen LogP contribution in [0.15, 0.2) is 12.5 Å². The number of carboxylic acid groups (broad SMARTS) is 2. The quantitative estimate of drug-likeness (QED) is 0.115. The maximum Gasteiger partial charge on any atom is 0.327 e. The van der Waals surface area contributed by atoms with Crippen molar-refractivity contribution >= 4 is 48.2 Å². The number of carbonyl (C=O) groups is 6. The van der Waals surface area contributed by atoms with E-state index >= 15 is 0 Å². The van der Waals surface area contributed by atoms with Crippen LogP contribution in [0.2, 0.25) is 0 Å². The average molecular weight is 487 g/mol. The van der Waals surface area contributed by atoms with E-state index in [9.17, 15) is 28.8 Å². The topological polar surface area (TPSA) is 260 Å². The summed E-state index contributed by atoms with van der Waals surface area (Å²) in [6, 6.07) is -5.82. The molecule has 0 fully saturated rings. The molecule has 0 aliphatic heterocycles. The van der Waals surface area contributed by atoms with Gasteiger partial charge in [0.25, 0.3) is 0 Å². The van der Waals surface area contributed by atoms with Crippen molar-refractivity contribution in [2.24, 2.45) is 11.5 Å². The molecule has 0 saturated heterocycles. The number of hydrogen-bond acceptors (Lipinski definition) is 9. The zero-order valence-electron chi connectivity index (χ0n) is 17.2. The normalized spacial score (nSPS) is 14.2. The number of hydrogen-bond donors (Lipinski definition) is 9. The fourth-order valence-electron chi connectivity index (χ4n) is 2.53. The van der Waals surface area contributed by atoms with E-state index in [1.165, 1.54) is 12.5 Å². The summed E-state index contributed by atoms with van der Waals surface area (Å²) in [4.78, 5) is 77.3. The summed E-state index contributed by atoms with van der Waals surface area (Å²) in [5.41, 5.74) is 10.9. The van der Waals surface area contributed by atoms with Crippen molar-refractivity contribution in [3.05, 3.63) is 18.2 Å². The zero-order chi connectivity index (χ0) is 25.1.